The normalized spacial score (nSPS) is 19.8. The van der Waals surface area contributed by atoms with Crippen molar-refractivity contribution in [2.24, 2.45) is 5.73 Å². The first kappa shape index (κ1) is 16.8. The Kier molecular flexibility index (Phi) is 5.44. The minimum Gasteiger partial charge on any atom is -0.387 e. The van der Waals surface area contributed by atoms with E-state index in [1.807, 2.05) is 9.80 Å². The number of nitrogens with zero attached hydrogens (tertiary/aromatic N) is 2. The molecule has 0 aromatic heterocycles. The molecular weight excluding hydrogens is 292 g/mol. The number of aliphatic hydroxyl groups excluding tert-OH is 1. The lowest BCUT2D eigenvalue weighted by molar-refractivity contribution is -0.123. The van der Waals surface area contributed by atoms with Crippen LogP contribution in [0.2, 0.25) is 0 Å². The minimum atomic E-state index is -1.09. The second kappa shape index (κ2) is 7.13. The first-order chi connectivity index (χ1) is 10.4. The van der Waals surface area contributed by atoms with Crippen LogP contribution in [0.5, 0.6) is 0 Å². The lowest BCUT2D eigenvalue weighted by Crippen LogP contribution is -2.53. The van der Waals surface area contributed by atoms with E-state index in [2.05, 4.69) is 0 Å². The Morgan fingerprint density at radius 2 is 1.95 bits per heavy atom. The number of hydrogen-bond acceptors (Lipinski definition) is 4. The fourth-order valence-electron chi connectivity index (χ4n) is 2.63. The number of carbonyl (C=O) groups excluding carboxylic acids is 1. The van der Waals surface area contributed by atoms with Crippen LogP contribution in [0.15, 0.2) is 18.2 Å². The first-order valence-electron chi connectivity index (χ1n) is 7.27. The second-order valence-corrected chi connectivity index (χ2v) is 5.60. The van der Waals surface area contributed by atoms with E-state index < -0.39 is 17.7 Å². The molecule has 1 fully saturated rings. The molecule has 1 aromatic rings. The molecule has 1 saturated heterocycles. The van der Waals surface area contributed by atoms with E-state index in [1.54, 1.807) is 6.92 Å². The maximum Gasteiger partial charge on any atom is 0.234 e. The van der Waals surface area contributed by atoms with Gasteiger partial charge >= 0.3 is 0 Å². The van der Waals surface area contributed by atoms with Gasteiger partial charge in [-0.2, -0.15) is 0 Å². The summed E-state index contributed by atoms with van der Waals surface area (Å²) in [6.45, 7) is 4.52. The highest BCUT2D eigenvalue weighted by molar-refractivity contribution is 5.79. The molecule has 1 aromatic carbocycles. The van der Waals surface area contributed by atoms with Gasteiger partial charge in [0.25, 0.3) is 0 Å². The molecule has 2 atom stereocenters. The molecule has 1 heterocycles. The lowest BCUT2D eigenvalue weighted by Gasteiger charge is -2.37. The molecule has 5 nitrogen and oxygen atoms in total. The number of amides is 1. The van der Waals surface area contributed by atoms with Gasteiger partial charge in [0, 0.05) is 38.3 Å². The zero-order chi connectivity index (χ0) is 16.3. The van der Waals surface area contributed by atoms with E-state index in [0.29, 0.717) is 26.2 Å². The van der Waals surface area contributed by atoms with Gasteiger partial charge in [0.2, 0.25) is 5.91 Å². The zero-order valence-corrected chi connectivity index (χ0v) is 12.5. The summed E-state index contributed by atoms with van der Waals surface area (Å²) in [6.07, 6.45) is -1.09. The Labute approximate surface area is 128 Å². The number of primary amides is 1. The molecule has 1 aliphatic rings. The van der Waals surface area contributed by atoms with E-state index in [4.69, 9.17) is 5.73 Å². The van der Waals surface area contributed by atoms with Crippen LogP contribution in [-0.2, 0) is 4.79 Å². The maximum atomic E-state index is 13.6. The molecule has 0 aliphatic carbocycles. The summed E-state index contributed by atoms with van der Waals surface area (Å²) in [7, 11) is 0. The number of benzene rings is 1. The fourth-order valence-corrected chi connectivity index (χ4v) is 2.63. The van der Waals surface area contributed by atoms with Crippen LogP contribution in [0.25, 0.3) is 0 Å². The average Bonchev–Trinajstić information content (AvgIpc) is 2.49. The van der Waals surface area contributed by atoms with Crippen LogP contribution in [0, 0.1) is 11.6 Å². The quantitative estimate of drug-likeness (QED) is 0.830. The molecule has 22 heavy (non-hydrogen) atoms. The van der Waals surface area contributed by atoms with Crippen molar-refractivity contribution in [3.8, 4) is 0 Å². The van der Waals surface area contributed by atoms with Gasteiger partial charge in [-0.3, -0.25) is 14.6 Å². The molecule has 0 saturated carbocycles. The topological polar surface area (TPSA) is 69.8 Å². The van der Waals surface area contributed by atoms with Crippen molar-refractivity contribution >= 4 is 5.91 Å². The number of β-amino-alcohol motifs (C(OH)–C–C–N with tert-alkyl or cyclic N) is 1. The zero-order valence-electron chi connectivity index (χ0n) is 12.5. The highest BCUT2D eigenvalue weighted by atomic mass is 19.1. The summed E-state index contributed by atoms with van der Waals surface area (Å²) in [5.74, 6) is -1.55. The van der Waals surface area contributed by atoms with E-state index >= 15 is 0 Å². The Bertz CT molecular complexity index is 534. The maximum absolute atomic E-state index is 13.6. The van der Waals surface area contributed by atoms with E-state index in [1.165, 1.54) is 0 Å². The third-order valence-corrected chi connectivity index (χ3v) is 4.11. The van der Waals surface area contributed by atoms with Crippen LogP contribution >= 0.6 is 0 Å². The predicted molar refractivity (Wildman–Crippen MR) is 78.0 cm³/mol. The van der Waals surface area contributed by atoms with Crippen LogP contribution in [-0.4, -0.2) is 59.6 Å². The molecule has 3 N–H and O–H groups in total. The number of carbonyl (C=O) groups is 1. The van der Waals surface area contributed by atoms with Gasteiger partial charge in [-0.1, -0.05) is 0 Å². The average molecular weight is 313 g/mol. The number of rotatable bonds is 5. The van der Waals surface area contributed by atoms with Crippen molar-refractivity contribution in [3.05, 3.63) is 35.4 Å². The molecule has 2 rings (SSSR count). The van der Waals surface area contributed by atoms with E-state index in [9.17, 15) is 18.7 Å². The standard InChI is InChI=1S/C15H21F2N3O2/c1-10(15(18)22)20-6-4-19(5-7-20)9-14(21)12-8-11(16)2-3-13(12)17/h2-3,8,10,14,21H,4-7,9H2,1H3,(H2,18,22). The Balaban J connectivity index is 1.90. The van der Waals surface area contributed by atoms with Gasteiger partial charge in [0.15, 0.2) is 0 Å². The number of aliphatic hydroxyl groups is 1. The van der Waals surface area contributed by atoms with Crippen molar-refractivity contribution in [2.45, 2.75) is 19.1 Å². The van der Waals surface area contributed by atoms with Gasteiger partial charge in [-0.25, -0.2) is 8.78 Å². The summed E-state index contributed by atoms with van der Waals surface area (Å²) in [6, 6.07) is 2.73. The van der Waals surface area contributed by atoms with Crippen LogP contribution in [0.1, 0.15) is 18.6 Å². The third-order valence-electron chi connectivity index (χ3n) is 4.11. The van der Waals surface area contributed by atoms with Crippen molar-refractivity contribution < 1.29 is 18.7 Å². The molecule has 122 valence electrons. The van der Waals surface area contributed by atoms with Gasteiger partial charge in [0.1, 0.15) is 11.6 Å². The number of halogens is 2. The molecular formula is C15H21F2N3O2. The lowest BCUT2D eigenvalue weighted by atomic mass is 10.1. The fraction of sp³-hybridized carbons (Fsp3) is 0.533. The molecule has 1 amide bonds. The van der Waals surface area contributed by atoms with E-state index in [0.717, 1.165) is 18.2 Å². The third kappa shape index (κ3) is 4.00. The van der Waals surface area contributed by atoms with Gasteiger partial charge < -0.3 is 10.8 Å². The summed E-state index contributed by atoms with van der Waals surface area (Å²) in [4.78, 5) is 15.1. The molecule has 0 spiro atoms. The van der Waals surface area contributed by atoms with Crippen molar-refractivity contribution in [1.82, 2.24) is 9.80 Å². The summed E-state index contributed by atoms with van der Waals surface area (Å²) < 4.78 is 26.8. The van der Waals surface area contributed by atoms with Gasteiger partial charge in [0.05, 0.1) is 12.1 Å². The van der Waals surface area contributed by atoms with Crippen LogP contribution < -0.4 is 5.73 Å². The molecule has 1 aliphatic heterocycles. The van der Waals surface area contributed by atoms with Crippen LogP contribution in [0.3, 0.4) is 0 Å². The number of nitrogens with two attached hydrogens (primary N) is 1. The van der Waals surface area contributed by atoms with Crippen molar-refractivity contribution in [3.63, 3.8) is 0 Å². The predicted octanol–water partition coefficient (Wildman–Crippen LogP) is 0.490. The Morgan fingerprint density at radius 3 is 2.55 bits per heavy atom. The van der Waals surface area contributed by atoms with Crippen molar-refractivity contribution in [2.75, 3.05) is 32.7 Å². The smallest absolute Gasteiger partial charge is 0.234 e. The SMILES string of the molecule is CC(C(N)=O)N1CCN(CC(O)c2cc(F)ccc2F)CC1. The summed E-state index contributed by atoms with van der Waals surface area (Å²) >= 11 is 0. The second-order valence-electron chi connectivity index (χ2n) is 5.60. The largest absolute Gasteiger partial charge is 0.387 e. The monoisotopic (exact) mass is 313 g/mol. The Hall–Kier alpha value is -1.57. The van der Waals surface area contributed by atoms with Gasteiger partial charge in [-0.15, -0.1) is 0 Å². The highest BCUT2D eigenvalue weighted by Crippen LogP contribution is 2.20. The summed E-state index contributed by atoms with van der Waals surface area (Å²) in [5, 5.41) is 10.1. The Morgan fingerprint density at radius 1 is 1.32 bits per heavy atom. The number of piperazine rings is 1. The summed E-state index contributed by atoms with van der Waals surface area (Å²) in [5.41, 5.74) is 5.24. The molecule has 0 bridgehead atoms. The molecule has 0 radical (unpaired) electrons. The molecule has 2 unspecified atom stereocenters. The minimum absolute atomic E-state index is 0.0343. The first-order valence-corrected chi connectivity index (χ1v) is 7.27. The number of hydrogen-bond donors (Lipinski definition) is 2. The highest BCUT2D eigenvalue weighted by Gasteiger charge is 2.25. The molecule has 7 heteroatoms. The van der Waals surface area contributed by atoms with E-state index in [-0.39, 0.29) is 24.1 Å². The van der Waals surface area contributed by atoms with Gasteiger partial charge in [-0.05, 0) is 25.1 Å². The van der Waals surface area contributed by atoms with Crippen LogP contribution in [0.4, 0.5) is 8.78 Å². The van der Waals surface area contributed by atoms with Crippen molar-refractivity contribution in [1.29, 1.82) is 0 Å².